The van der Waals surface area contributed by atoms with Gasteiger partial charge in [-0.3, -0.25) is 0 Å². The first-order valence-corrected chi connectivity index (χ1v) is 17.4. The van der Waals surface area contributed by atoms with Crippen LogP contribution in [-0.2, 0) is 0 Å². The topological polar surface area (TPSA) is 56.7 Å². The molecule has 10 aromatic rings. The van der Waals surface area contributed by atoms with Gasteiger partial charge in [0, 0.05) is 33.2 Å². The molecular formula is C47H30N4O. The molecule has 10 rings (SSSR count). The minimum Gasteiger partial charge on any atom is -0.454 e. The molecule has 0 spiro atoms. The fourth-order valence-corrected chi connectivity index (χ4v) is 7.15. The highest BCUT2D eigenvalue weighted by Crippen LogP contribution is 2.42. The van der Waals surface area contributed by atoms with E-state index >= 15 is 0 Å². The van der Waals surface area contributed by atoms with Gasteiger partial charge < -0.3 is 8.98 Å². The van der Waals surface area contributed by atoms with Gasteiger partial charge in [0.15, 0.2) is 23.1 Å². The Balaban J connectivity index is 1.27. The number of hydrogen-bond donors (Lipinski definition) is 0. The molecule has 0 bridgehead atoms. The number of aromatic nitrogens is 4. The molecule has 5 heteroatoms. The van der Waals surface area contributed by atoms with Gasteiger partial charge in [0.05, 0.1) is 5.52 Å². The minimum absolute atomic E-state index is 0.600. The van der Waals surface area contributed by atoms with E-state index < -0.39 is 0 Å². The summed E-state index contributed by atoms with van der Waals surface area (Å²) in [6, 6.07) is 62.7. The second-order valence-electron chi connectivity index (χ2n) is 12.9. The van der Waals surface area contributed by atoms with Gasteiger partial charge in [0.25, 0.3) is 0 Å². The average molecular weight is 667 g/mol. The Labute approximate surface area is 300 Å². The molecule has 0 radical (unpaired) electrons. The molecule has 5 nitrogen and oxygen atoms in total. The molecule has 0 aliphatic rings. The van der Waals surface area contributed by atoms with Gasteiger partial charge in [-0.25, -0.2) is 15.0 Å². The Bertz CT molecular complexity index is 2820. The number of para-hydroxylation sites is 1. The van der Waals surface area contributed by atoms with Crippen molar-refractivity contribution in [2.24, 2.45) is 0 Å². The van der Waals surface area contributed by atoms with Crippen molar-refractivity contribution in [3.8, 4) is 62.1 Å². The summed E-state index contributed by atoms with van der Waals surface area (Å²) in [5.74, 6) is 1.85. The Hall–Kier alpha value is -7.11. The van der Waals surface area contributed by atoms with Crippen molar-refractivity contribution in [1.82, 2.24) is 19.5 Å². The van der Waals surface area contributed by atoms with Crippen LogP contribution < -0.4 is 0 Å². The summed E-state index contributed by atoms with van der Waals surface area (Å²) >= 11 is 0. The van der Waals surface area contributed by atoms with E-state index in [0.29, 0.717) is 17.5 Å². The van der Waals surface area contributed by atoms with Crippen molar-refractivity contribution in [3.63, 3.8) is 0 Å². The van der Waals surface area contributed by atoms with E-state index in [2.05, 4.69) is 102 Å². The molecule has 0 aliphatic heterocycles. The fourth-order valence-electron chi connectivity index (χ4n) is 7.15. The largest absolute Gasteiger partial charge is 0.454 e. The maximum atomic E-state index is 6.66. The number of furan rings is 1. The van der Waals surface area contributed by atoms with Crippen LogP contribution in [0, 0.1) is 0 Å². The summed E-state index contributed by atoms with van der Waals surface area (Å²) in [6.07, 6.45) is 0. The maximum absolute atomic E-state index is 6.66. The number of benzene rings is 7. The monoisotopic (exact) mass is 666 g/mol. The first-order chi connectivity index (χ1) is 25.8. The van der Waals surface area contributed by atoms with Crippen LogP contribution in [0.3, 0.4) is 0 Å². The van der Waals surface area contributed by atoms with Crippen LogP contribution >= 0.6 is 0 Å². The van der Waals surface area contributed by atoms with Crippen LogP contribution in [0.1, 0.15) is 0 Å². The molecular weight excluding hydrogens is 637 g/mol. The summed E-state index contributed by atoms with van der Waals surface area (Å²) in [5.41, 5.74) is 12.0. The lowest BCUT2D eigenvalue weighted by molar-refractivity contribution is 0.673. The van der Waals surface area contributed by atoms with Crippen molar-refractivity contribution in [1.29, 1.82) is 0 Å². The Morgan fingerprint density at radius 1 is 0.365 bits per heavy atom. The average Bonchev–Trinajstić information content (AvgIpc) is 3.76. The summed E-state index contributed by atoms with van der Waals surface area (Å²) in [7, 11) is 0. The first-order valence-electron chi connectivity index (χ1n) is 17.4. The highest BCUT2D eigenvalue weighted by Gasteiger charge is 2.22. The van der Waals surface area contributed by atoms with Crippen LogP contribution in [0.2, 0.25) is 0 Å². The molecule has 3 aromatic heterocycles. The molecule has 0 amide bonds. The first kappa shape index (κ1) is 29.8. The quantitative estimate of drug-likeness (QED) is 0.177. The lowest BCUT2D eigenvalue weighted by Crippen LogP contribution is -2.01. The van der Waals surface area contributed by atoms with Gasteiger partial charge >= 0.3 is 0 Å². The third-order valence-electron chi connectivity index (χ3n) is 9.62. The van der Waals surface area contributed by atoms with Gasteiger partial charge in [-0.05, 0) is 64.7 Å². The predicted molar refractivity (Wildman–Crippen MR) is 211 cm³/mol. The normalized spacial score (nSPS) is 11.5. The predicted octanol–water partition coefficient (Wildman–Crippen LogP) is 12.0. The molecule has 0 atom stereocenters. The zero-order valence-electron chi connectivity index (χ0n) is 28.0. The molecule has 0 N–H and O–H groups in total. The van der Waals surface area contributed by atoms with Crippen molar-refractivity contribution in [3.05, 3.63) is 182 Å². The number of nitrogens with zero attached hydrogens (tertiary/aromatic N) is 4. The van der Waals surface area contributed by atoms with Gasteiger partial charge in [-0.2, -0.15) is 0 Å². The van der Waals surface area contributed by atoms with E-state index in [1.165, 1.54) is 0 Å². The zero-order chi connectivity index (χ0) is 34.4. The van der Waals surface area contributed by atoms with E-state index in [1.54, 1.807) is 0 Å². The lowest BCUT2D eigenvalue weighted by Gasteiger charge is -2.14. The van der Waals surface area contributed by atoms with Crippen LogP contribution in [0.5, 0.6) is 0 Å². The molecule has 0 aliphatic carbocycles. The van der Waals surface area contributed by atoms with Crippen LogP contribution in [0.4, 0.5) is 0 Å². The zero-order valence-corrected chi connectivity index (χ0v) is 28.0. The van der Waals surface area contributed by atoms with Gasteiger partial charge in [0.1, 0.15) is 11.1 Å². The van der Waals surface area contributed by atoms with Crippen molar-refractivity contribution >= 4 is 33.0 Å². The summed E-state index contributed by atoms with van der Waals surface area (Å²) < 4.78 is 9.00. The molecule has 3 heterocycles. The van der Waals surface area contributed by atoms with Crippen molar-refractivity contribution < 1.29 is 4.42 Å². The standard InChI is InChI=1S/C47H30N4O/c1-5-15-31(16-6-1)35-25-26-41-40(30-35)44-43(39-23-13-14-24-42(39)52-44)51(41)38-28-36(32-17-7-2-8-18-32)27-37(29-38)47-49-45(33-19-9-3-10-20-33)48-46(50-47)34-21-11-4-12-22-34/h1-30H. The Kier molecular flexibility index (Phi) is 7.07. The van der Waals surface area contributed by atoms with E-state index in [-0.39, 0.29) is 0 Å². The minimum atomic E-state index is 0.600. The highest BCUT2D eigenvalue weighted by atomic mass is 16.3. The van der Waals surface area contributed by atoms with E-state index in [4.69, 9.17) is 19.4 Å². The van der Waals surface area contributed by atoms with Crippen LogP contribution in [0.15, 0.2) is 186 Å². The molecule has 7 aromatic carbocycles. The van der Waals surface area contributed by atoms with E-state index in [0.717, 1.165) is 77.6 Å². The van der Waals surface area contributed by atoms with Gasteiger partial charge in [-0.15, -0.1) is 0 Å². The lowest BCUT2D eigenvalue weighted by atomic mass is 10.0. The maximum Gasteiger partial charge on any atom is 0.164 e. The highest BCUT2D eigenvalue weighted by molar-refractivity contribution is 6.17. The van der Waals surface area contributed by atoms with Gasteiger partial charge in [0.2, 0.25) is 0 Å². The second-order valence-corrected chi connectivity index (χ2v) is 12.9. The third kappa shape index (κ3) is 5.15. The molecule has 0 unspecified atom stereocenters. The smallest absolute Gasteiger partial charge is 0.164 e. The van der Waals surface area contributed by atoms with E-state index in [9.17, 15) is 0 Å². The number of hydrogen-bond acceptors (Lipinski definition) is 4. The number of rotatable bonds is 6. The van der Waals surface area contributed by atoms with Gasteiger partial charge in [-0.1, -0.05) is 140 Å². The molecule has 52 heavy (non-hydrogen) atoms. The number of fused-ring (bicyclic) bond motifs is 5. The van der Waals surface area contributed by atoms with Crippen LogP contribution in [-0.4, -0.2) is 19.5 Å². The van der Waals surface area contributed by atoms with Crippen molar-refractivity contribution in [2.75, 3.05) is 0 Å². The molecule has 244 valence electrons. The van der Waals surface area contributed by atoms with E-state index in [1.807, 2.05) is 84.9 Å². The fraction of sp³-hybridized carbons (Fsp3) is 0. The second kappa shape index (κ2) is 12.3. The molecule has 0 saturated carbocycles. The van der Waals surface area contributed by atoms with Crippen LogP contribution in [0.25, 0.3) is 95.1 Å². The SMILES string of the molecule is c1ccc(-c2cc(-c3nc(-c4ccccc4)nc(-c4ccccc4)n3)cc(-n3c4ccc(-c5ccccc5)cc4c4oc5ccccc5c43)c2)cc1. The summed E-state index contributed by atoms with van der Waals surface area (Å²) in [6.45, 7) is 0. The third-order valence-corrected chi connectivity index (χ3v) is 9.62. The summed E-state index contributed by atoms with van der Waals surface area (Å²) in [4.78, 5) is 15.2. The van der Waals surface area contributed by atoms with Crippen molar-refractivity contribution in [2.45, 2.75) is 0 Å². The molecule has 0 saturated heterocycles. The summed E-state index contributed by atoms with van der Waals surface area (Å²) in [5, 5.41) is 2.11. The molecule has 0 fully saturated rings. The Morgan fingerprint density at radius 3 is 1.48 bits per heavy atom. The Morgan fingerprint density at radius 2 is 0.865 bits per heavy atom.